The third-order valence-electron chi connectivity index (χ3n) is 10.6. The standard InChI is InChI=1S/C27H45NO3/c1-17(2)7-6-8-18(3)21-9-10-22-20-16-25(28(30)31)24-15-19(29)11-13-27(24,5)23(20)12-14-26(21,22)4/h15,17-23,25,29H,6-14,16H2,1-5H3/t18-,19-,20+,21-,22+,23+,25-,26+,27+/m0/s1. The molecule has 9 atom stereocenters. The minimum absolute atomic E-state index is 0.0364. The Morgan fingerprint density at radius 3 is 2.52 bits per heavy atom. The summed E-state index contributed by atoms with van der Waals surface area (Å²) in [5.74, 6) is 3.98. The first kappa shape index (κ1) is 23.3. The molecule has 0 aromatic carbocycles. The second-order valence-electron chi connectivity index (χ2n) is 12.6. The summed E-state index contributed by atoms with van der Waals surface area (Å²) in [7, 11) is 0. The van der Waals surface area contributed by atoms with Crippen LogP contribution >= 0.6 is 0 Å². The Labute approximate surface area is 189 Å². The molecule has 1 N–H and O–H groups in total. The van der Waals surface area contributed by atoms with E-state index >= 15 is 0 Å². The quantitative estimate of drug-likeness (QED) is 0.291. The van der Waals surface area contributed by atoms with Crippen molar-refractivity contribution in [3.63, 3.8) is 0 Å². The SMILES string of the molecule is CC(C)CCC[C@H](C)[C@@H]1CC[C@@H]2[C@H]3C[C@H]([N+](=O)[O-])C4=C[C@@H](O)CC[C@]4(C)[C@@H]3CC[C@@]21C. The monoisotopic (exact) mass is 431 g/mol. The number of hydrogen-bond donors (Lipinski definition) is 1. The first-order valence-electron chi connectivity index (χ1n) is 13.1. The van der Waals surface area contributed by atoms with Crippen LogP contribution in [0.1, 0.15) is 98.8 Å². The van der Waals surface area contributed by atoms with Crippen LogP contribution in [-0.2, 0) is 0 Å². The third-order valence-corrected chi connectivity index (χ3v) is 10.6. The smallest absolute Gasteiger partial charge is 0.235 e. The summed E-state index contributed by atoms with van der Waals surface area (Å²) >= 11 is 0. The van der Waals surface area contributed by atoms with Gasteiger partial charge in [0.1, 0.15) is 0 Å². The summed E-state index contributed by atoms with van der Waals surface area (Å²) in [6, 6.07) is -0.592. The van der Waals surface area contributed by atoms with E-state index in [4.69, 9.17) is 0 Å². The zero-order valence-electron chi connectivity index (χ0n) is 20.5. The molecule has 0 heterocycles. The van der Waals surface area contributed by atoms with Crippen molar-refractivity contribution < 1.29 is 10.0 Å². The zero-order valence-corrected chi connectivity index (χ0v) is 20.5. The fourth-order valence-corrected chi connectivity index (χ4v) is 8.98. The highest BCUT2D eigenvalue weighted by Gasteiger charge is 2.62. The molecular weight excluding hydrogens is 386 g/mol. The first-order chi connectivity index (χ1) is 14.6. The van der Waals surface area contributed by atoms with E-state index in [-0.39, 0.29) is 10.3 Å². The molecule has 0 radical (unpaired) electrons. The van der Waals surface area contributed by atoms with E-state index in [0.29, 0.717) is 29.6 Å². The number of aliphatic hydroxyl groups excluding tert-OH is 1. The molecule has 4 aliphatic rings. The van der Waals surface area contributed by atoms with Crippen molar-refractivity contribution in [2.45, 2.75) is 111 Å². The number of rotatable bonds is 6. The van der Waals surface area contributed by atoms with Crippen LogP contribution in [-0.4, -0.2) is 22.2 Å². The van der Waals surface area contributed by atoms with Crippen molar-refractivity contribution in [3.8, 4) is 0 Å². The van der Waals surface area contributed by atoms with Gasteiger partial charge in [-0.25, -0.2) is 0 Å². The lowest BCUT2D eigenvalue weighted by Gasteiger charge is -2.59. The Morgan fingerprint density at radius 2 is 1.84 bits per heavy atom. The highest BCUT2D eigenvalue weighted by Crippen LogP contribution is 2.68. The van der Waals surface area contributed by atoms with Crippen molar-refractivity contribution in [1.82, 2.24) is 0 Å². The van der Waals surface area contributed by atoms with E-state index in [1.807, 2.05) is 6.08 Å². The molecule has 0 aromatic rings. The third kappa shape index (κ3) is 3.89. The van der Waals surface area contributed by atoms with Crippen molar-refractivity contribution in [1.29, 1.82) is 0 Å². The molecule has 3 fully saturated rings. The van der Waals surface area contributed by atoms with Gasteiger partial charge in [-0.3, -0.25) is 10.1 Å². The summed E-state index contributed by atoms with van der Waals surface area (Å²) in [6.07, 6.45) is 12.8. The van der Waals surface area contributed by atoms with Gasteiger partial charge in [-0.1, -0.05) is 53.9 Å². The van der Waals surface area contributed by atoms with Crippen LogP contribution in [0.15, 0.2) is 11.6 Å². The summed E-state index contributed by atoms with van der Waals surface area (Å²) in [5, 5.41) is 22.4. The number of nitrogens with zero attached hydrogens (tertiary/aromatic N) is 1. The molecule has 31 heavy (non-hydrogen) atoms. The zero-order chi connectivity index (χ0) is 22.6. The maximum Gasteiger partial charge on any atom is 0.235 e. The van der Waals surface area contributed by atoms with Crippen molar-refractivity contribution in [2.75, 3.05) is 0 Å². The lowest BCUT2D eigenvalue weighted by Crippen LogP contribution is -2.55. The molecule has 0 amide bonds. The number of aliphatic hydroxyl groups is 1. The van der Waals surface area contributed by atoms with E-state index < -0.39 is 12.1 Å². The van der Waals surface area contributed by atoms with Crippen molar-refractivity contribution >= 4 is 0 Å². The molecule has 3 saturated carbocycles. The molecular formula is C27H45NO3. The Bertz CT molecular complexity index is 717. The number of fused-ring (bicyclic) bond motifs is 5. The van der Waals surface area contributed by atoms with Gasteiger partial charge in [-0.05, 0) is 90.9 Å². The summed E-state index contributed by atoms with van der Waals surface area (Å²) in [4.78, 5) is 12.1. The van der Waals surface area contributed by atoms with E-state index in [2.05, 4.69) is 34.6 Å². The van der Waals surface area contributed by atoms with Crippen LogP contribution in [0.5, 0.6) is 0 Å². The van der Waals surface area contributed by atoms with Gasteiger partial charge in [0, 0.05) is 16.9 Å². The lowest BCUT2D eigenvalue weighted by atomic mass is 9.45. The van der Waals surface area contributed by atoms with Crippen LogP contribution in [0.25, 0.3) is 0 Å². The van der Waals surface area contributed by atoms with Gasteiger partial charge in [0.25, 0.3) is 0 Å². The fraction of sp³-hybridized carbons (Fsp3) is 0.926. The molecule has 0 unspecified atom stereocenters. The molecule has 4 aliphatic carbocycles. The molecule has 0 bridgehead atoms. The predicted octanol–water partition coefficient (Wildman–Crippen LogP) is 6.64. The first-order valence-corrected chi connectivity index (χ1v) is 13.1. The van der Waals surface area contributed by atoms with E-state index in [1.54, 1.807) is 0 Å². The van der Waals surface area contributed by atoms with E-state index in [0.717, 1.165) is 36.2 Å². The maximum absolute atomic E-state index is 12.1. The van der Waals surface area contributed by atoms with Gasteiger partial charge in [0.15, 0.2) is 0 Å². The number of nitro groups is 1. The van der Waals surface area contributed by atoms with Gasteiger partial charge in [0.05, 0.1) is 6.10 Å². The summed E-state index contributed by atoms with van der Waals surface area (Å²) < 4.78 is 0. The molecule has 0 aliphatic heterocycles. The predicted molar refractivity (Wildman–Crippen MR) is 125 cm³/mol. The van der Waals surface area contributed by atoms with Gasteiger partial charge < -0.3 is 5.11 Å². The summed E-state index contributed by atoms with van der Waals surface area (Å²) in [6.45, 7) is 12.0. The highest BCUT2D eigenvalue weighted by atomic mass is 16.6. The van der Waals surface area contributed by atoms with E-state index in [1.165, 1.54) is 44.9 Å². The highest BCUT2D eigenvalue weighted by molar-refractivity contribution is 5.29. The second-order valence-corrected chi connectivity index (χ2v) is 12.6. The van der Waals surface area contributed by atoms with Crippen LogP contribution in [0, 0.1) is 56.5 Å². The van der Waals surface area contributed by atoms with Gasteiger partial charge in [-0.2, -0.15) is 0 Å². The molecule has 4 nitrogen and oxygen atoms in total. The molecule has 4 heteroatoms. The minimum Gasteiger partial charge on any atom is -0.389 e. The molecule has 0 spiro atoms. The summed E-state index contributed by atoms with van der Waals surface area (Å²) in [5.41, 5.74) is 1.21. The average molecular weight is 432 g/mol. The van der Waals surface area contributed by atoms with Gasteiger partial charge in [0.2, 0.25) is 6.04 Å². The Morgan fingerprint density at radius 1 is 1.10 bits per heavy atom. The van der Waals surface area contributed by atoms with Gasteiger partial charge in [-0.15, -0.1) is 0 Å². The average Bonchev–Trinajstić information content (AvgIpc) is 3.05. The molecule has 0 aromatic heterocycles. The minimum atomic E-state index is -0.592. The van der Waals surface area contributed by atoms with Crippen LogP contribution in [0.2, 0.25) is 0 Å². The molecule has 0 saturated heterocycles. The molecule has 4 rings (SSSR count). The van der Waals surface area contributed by atoms with E-state index in [9.17, 15) is 15.2 Å². The lowest BCUT2D eigenvalue weighted by molar-refractivity contribution is -0.521. The molecule has 176 valence electrons. The fourth-order valence-electron chi connectivity index (χ4n) is 8.98. The van der Waals surface area contributed by atoms with Gasteiger partial charge >= 0.3 is 0 Å². The van der Waals surface area contributed by atoms with Crippen LogP contribution in [0.4, 0.5) is 0 Å². The Balaban J connectivity index is 1.57. The van der Waals surface area contributed by atoms with Crippen LogP contribution in [0.3, 0.4) is 0 Å². The topological polar surface area (TPSA) is 63.4 Å². The van der Waals surface area contributed by atoms with Crippen molar-refractivity contribution in [2.24, 2.45) is 46.3 Å². The Hall–Kier alpha value is -0.900. The normalized spacial score (nSPS) is 45.5. The van der Waals surface area contributed by atoms with Crippen LogP contribution < -0.4 is 0 Å². The van der Waals surface area contributed by atoms with Crippen molar-refractivity contribution in [3.05, 3.63) is 21.8 Å². The number of hydrogen-bond acceptors (Lipinski definition) is 3. The second kappa shape index (κ2) is 8.47. The maximum atomic E-state index is 12.1. The Kier molecular flexibility index (Phi) is 6.35. The largest absolute Gasteiger partial charge is 0.389 e.